The van der Waals surface area contributed by atoms with Gasteiger partial charge in [-0.15, -0.1) is 11.3 Å². The van der Waals surface area contributed by atoms with Gasteiger partial charge in [0.1, 0.15) is 0 Å². The number of hydrogen-bond donors (Lipinski definition) is 3. The molecule has 1 heterocycles. The third-order valence-corrected chi connectivity index (χ3v) is 2.98. The van der Waals surface area contributed by atoms with Crippen molar-refractivity contribution in [3.63, 3.8) is 0 Å². The highest BCUT2D eigenvalue weighted by Crippen LogP contribution is 2.33. The van der Waals surface area contributed by atoms with E-state index in [1.54, 1.807) is 17.5 Å². The highest BCUT2D eigenvalue weighted by molar-refractivity contribution is 7.17. The molecule has 0 spiro atoms. The molecule has 0 aliphatic rings. The van der Waals surface area contributed by atoms with E-state index < -0.39 is 5.97 Å². The molecule has 0 atom stereocenters. The van der Waals surface area contributed by atoms with Crippen LogP contribution in [-0.4, -0.2) is 11.1 Å². The molecule has 14 heavy (non-hydrogen) atoms. The van der Waals surface area contributed by atoms with E-state index in [1.165, 1.54) is 11.3 Å². The largest absolute Gasteiger partial charge is 0.478 e. The van der Waals surface area contributed by atoms with Gasteiger partial charge in [0.05, 0.1) is 11.3 Å². The molecule has 72 valence electrons. The van der Waals surface area contributed by atoms with Gasteiger partial charge in [-0.3, -0.25) is 0 Å². The number of carbonyl (C=O) groups is 1. The number of nitrogen functional groups attached to an aromatic ring is 2. The summed E-state index contributed by atoms with van der Waals surface area (Å²) in [6.45, 7) is 0. The second kappa shape index (κ2) is 2.88. The lowest BCUT2D eigenvalue weighted by atomic mass is 10.1. The van der Waals surface area contributed by atoms with Gasteiger partial charge >= 0.3 is 5.97 Å². The summed E-state index contributed by atoms with van der Waals surface area (Å²) in [6, 6.07) is 3.36. The molecule has 0 aliphatic carbocycles. The SMILES string of the molecule is Nc1ccc2scc(N)c2c1C(=O)O. The second-order valence-corrected chi connectivity index (χ2v) is 3.81. The summed E-state index contributed by atoms with van der Waals surface area (Å²) < 4.78 is 0.842. The first-order valence-corrected chi connectivity index (χ1v) is 4.77. The molecule has 0 fully saturated rings. The average molecular weight is 208 g/mol. The van der Waals surface area contributed by atoms with E-state index in [0.29, 0.717) is 11.1 Å². The van der Waals surface area contributed by atoms with Crippen molar-refractivity contribution >= 4 is 38.8 Å². The predicted molar refractivity (Wildman–Crippen MR) is 57.6 cm³/mol. The number of aromatic carboxylic acids is 1. The first kappa shape index (κ1) is 8.83. The van der Waals surface area contributed by atoms with Crippen molar-refractivity contribution < 1.29 is 9.90 Å². The van der Waals surface area contributed by atoms with Crippen LogP contribution in [-0.2, 0) is 0 Å². The fraction of sp³-hybridized carbons (Fsp3) is 0. The molecule has 1 aromatic carbocycles. The smallest absolute Gasteiger partial charge is 0.338 e. The maximum absolute atomic E-state index is 11.0. The van der Waals surface area contributed by atoms with E-state index in [4.69, 9.17) is 16.6 Å². The van der Waals surface area contributed by atoms with E-state index in [-0.39, 0.29) is 11.3 Å². The van der Waals surface area contributed by atoms with Gasteiger partial charge in [0, 0.05) is 21.2 Å². The Morgan fingerprint density at radius 1 is 1.29 bits per heavy atom. The molecule has 0 aliphatic heterocycles. The number of anilines is 2. The lowest BCUT2D eigenvalue weighted by molar-refractivity contribution is 0.0700. The van der Waals surface area contributed by atoms with Crippen LogP contribution in [0.3, 0.4) is 0 Å². The molecule has 4 nitrogen and oxygen atoms in total. The molecular weight excluding hydrogens is 200 g/mol. The molecule has 5 N–H and O–H groups in total. The zero-order valence-corrected chi connectivity index (χ0v) is 7.97. The summed E-state index contributed by atoms with van der Waals surface area (Å²) >= 11 is 1.41. The van der Waals surface area contributed by atoms with Gasteiger partial charge in [-0.1, -0.05) is 0 Å². The predicted octanol–water partition coefficient (Wildman–Crippen LogP) is 1.76. The Bertz CT molecular complexity index is 519. The van der Waals surface area contributed by atoms with Gasteiger partial charge in [-0.05, 0) is 12.1 Å². The Morgan fingerprint density at radius 2 is 2.00 bits per heavy atom. The molecule has 0 unspecified atom stereocenters. The summed E-state index contributed by atoms with van der Waals surface area (Å²) in [5, 5.41) is 11.2. The first-order valence-electron chi connectivity index (χ1n) is 3.89. The van der Waals surface area contributed by atoms with E-state index in [1.807, 2.05) is 0 Å². The lowest BCUT2D eigenvalue weighted by Gasteiger charge is -2.02. The molecule has 2 rings (SSSR count). The number of benzene rings is 1. The van der Waals surface area contributed by atoms with E-state index in [0.717, 1.165) is 4.70 Å². The summed E-state index contributed by atoms with van der Waals surface area (Å²) in [4.78, 5) is 11.0. The summed E-state index contributed by atoms with van der Waals surface area (Å²) in [7, 11) is 0. The molecule has 1 aromatic heterocycles. The van der Waals surface area contributed by atoms with E-state index >= 15 is 0 Å². The second-order valence-electron chi connectivity index (χ2n) is 2.90. The molecule has 0 bridgehead atoms. The van der Waals surface area contributed by atoms with Crippen molar-refractivity contribution in [1.82, 2.24) is 0 Å². The van der Waals surface area contributed by atoms with Gasteiger partial charge in [-0.2, -0.15) is 0 Å². The number of rotatable bonds is 1. The molecule has 0 radical (unpaired) electrons. The summed E-state index contributed by atoms with van der Waals surface area (Å²) in [6.07, 6.45) is 0. The topological polar surface area (TPSA) is 89.3 Å². The van der Waals surface area contributed by atoms with Gasteiger partial charge in [0.15, 0.2) is 0 Å². The number of nitrogens with two attached hydrogens (primary N) is 2. The third-order valence-electron chi connectivity index (χ3n) is 2.01. The van der Waals surface area contributed by atoms with Crippen LogP contribution in [0.1, 0.15) is 10.4 Å². The van der Waals surface area contributed by atoms with Crippen molar-refractivity contribution in [3.05, 3.63) is 23.1 Å². The van der Waals surface area contributed by atoms with Crippen LogP contribution in [0.4, 0.5) is 11.4 Å². The van der Waals surface area contributed by atoms with Gasteiger partial charge in [-0.25, -0.2) is 4.79 Å². The molecule has 0 saturated heterocycles. The van der Waals surface area contributed by atoms with Crippen LogP contribution < -0.4 is 11.5 Å². The summed E-state index contributed by atoms with van der Waals surface area (Å²) in [5.74, 6) is -1.04. The highest BCUT2D eigenvalue weighted by atomic mass is 32.1. The summed E-state index contributed by atoms with van der Waals surface area (Å²) in [5.41, 5.74) is 12.1. The van der Waals surface area contributed by atoms with Crippen LogP contribution in [0.15, 0.2) is 17.5 Å². The van der Waals surface area contributed by atoms with E-state index in [9.17, 15) is 4.79 Å². The zero-order valence-electron chi connectivity index (χ0n) is 7.15. The van der Waals surface area contributed by atoms with Crippen LogP contribution >= 0.6 is 11.3 Å². The molecular formula is C9H8N2O2S. The maximum atomic E-state index is 11.0. The number of thiophene rings is 1. The fourth-order valence-corrected chi connectivity index (χ4v) is 2.26. The lowest BCUT2D eigenvalue weighted by Crippen LogP contribution is -2.03. The van der Waals surface area contributed by atoms with Crippen molar-refractivity contribution in [1.29, 1.82) is 0 Å². The Morgan fingerprint density at radius 3 is 2.64 bits per heavy atom. The standard InChI is InChI=1S/C9H8N2O2S/c10-4-1-2-6-7(5(11)3-14-6)8(4)9(12)13/h1-3H,10-11H2,(H,12,13). The van der Waals surface area contributed by atoms with Crippen molar-refractivity contribution in [2.24, 2.45) is 0 Å². The van der Waals surface area contributed by atoms with Crippen LogP contribution in [0.5, 0.6) is 0 Å². The molecule has 5 heteroatoms. The Kier molecular flexibility index (Phi) is 1.82. The van der Waals surface area contributed by atoms with Crippen molar-refractivity contribution in [2.75, 3.05) is 11.5 Å². The Hall–Kier alpha value is -1.75. The monoisotopic (exact) mass is 208 g/mol. The normalized spacial score (nSPS) is 10.6. The first-order chi connectivity index (χ1) is 6.61. The van der Waals surface area contributed by atoms with E-state index in [2.05, 4.69) is 0 Å². The van der Waals surface area contributed by atoms with Crippen molar-refractivity contribution in [3.8, 4) is 0 Å². The Balaban J connectivity index is 2.94. The minimum Gasteiger partial charge on any atom is -0.478 e. The van der Waals surface area contributed by atoms with Gasteiger partial charge in [0.25, 0.3) is 0 Å². The van der Waals surface area contributed by atoms with Crippen LogP contribution in [0, 0.1) is 0 Å². The number of carboxylic acid groups (broad SMARTS) is 1. The molecule has 0 saturated carbocycles. The van der Waals surface area contributed by atoms with Crippen LogP contribution in [0.2, 0.25) is 0 Å². The van der Waals surface area contributed by atoms with Crippen molar-refractivity contribution in [2.45, 2.75) is 0 Å². The van der Waals surface area contributed by atoms with Gasteiger partial charge in [0.2, 0.25) is 0 Å². The molecule has 2 aromatic rings. The number of carboxylic acids is 1. The maximum Gasteiger partial charge on any atom is 0.338 e. The zero-order chi connectivity index (χ0) is 10.3. The van der Waals surface area contributed by atoms with Crippen LogP contribution in [0.25, 0.3) is 10.1 Å². The average Bonchev–Trinajstić information content (AvgIpc) is 2.47. The fourth-order valence-electron chi connectivity index (χ4n) is 1.40. The molecule has 0 amide bonds. The minimum atomic E-state index is -1.04. The van der Waals surface area contributed by atoms with Gasteiger partial charge < -0.3 is 16.6 Å². The quantitative estimate of drug-likeness (QED) is 0.623. The number of fused-ring (bicyclic) bond motifs is 1. The highest BCUT2D eigenvalue weighted by Gasteiger charge is 2.15. The number of hydrogen-bond acceptors (Lipinski definition) is 4. The minimum absolute atomic E-state index is 0.0984. The Labute approximate surface area is 83.8 Å². The third kappa shape index (κ3) is 1.10.